The maximum Gasteiger partial charge on any atom is 0.340 e. The summed E-state index contributed by atoms with van der Waals surface area (Å²) in [6.07, 6.45) is 0.444. The predicted molar refractivity (Wildman–Crippen MR) is 89.8 cm³/mol. The highest BCUT2D eigenvalue weighted by Gasteiger charge is 2.23. The summed E-state index contributed by atoms with van der Waals surface area (Å²) >= 11 is 0. The average molecular weight is 336 g/mol. The van der Waals surface area contributed by atoms with E-state index in [1.807, 2.05) is 13.8 Å². The summed E-state index contributed by atoms with van der Waals surface area (Å²) in [7, 11) is 1.27. The number of carbonyl (C=O) groups is 3. The summed E-state index contributed by atoms with van der Waals surface area (Å²) in [4.78, 5) is 35.8. The summed E-state index contributed by atoms with van der Waals surface area (Å²) in [5, 5.41) is 5.14. The number of methoxy groups -OCH3 is 1. The molecule has 1 aromatic carbocycles. The minimum absolute atomic E-state index is 0.196. The number of hydrogen-bond acceptors (Lipinski definition) is 5. The fourth-order valence-corrected chi connectivity index (χ4v) is 2.12. The van der Waals surface area contributed by atoms with E-state index in [9.17, 15) is 14.4 Å². The van der Waals surface area contributed by atoms with E-state index in [1.54, 1.807) is 31.2 Å². The van der Waals surface area contributed by atoms with Crippen LogP contribution >= 0.6 is 0 Å². The molecule has 1 aromatic rings. The van der Waals surface area contributed by atoms with Crippen molar-refractivity contribution in [1.29, 1.82) is 0 Å². The van der Waals surface area contributed by atoms with Crippen molar-refractivity contribution in [2.24, 2.45) is 5.92 Å². The van der Waals surface area contributed by atoms with Gasteiger partial charge in [0.2, 0.25) is 0 Å². The number of nitrogens with one attached hydrogen (secondary N) is 2. The molecular weight excluding hydrogens is 312 g/mol. The lowest BCUT2D eigenvalue weighted by Crippen LogP contribution is -2.44. The molecule has 132 valence electrons. The molecule has 0 fully saturated rings. The first-order valence-corrected chi connectivity index (χ1v) is 7.80. The summed E-state index contributed by atoms with van der Waals surface area (Å²) in [5.41, 5.74) is 0.551. The highest BCUT2D eigenvalue weighted by Crippen LogP contribution is 2.16. The largest absolute Gasteiger partial charge is 0.467 e. The number of ether oxygens (including phenoxy) is 2. The van der Waals surface area contributed by atoms with Gasteiger partial charge in [-0.1, -0.05) is 26.0 Å². The van der Waals surface area contributed by atoms with Gasteiger partial charge in [0.05, 0.1) is 25.0 Å². The minimum atomic E-state index is -0.759. The van der Waals surface area contributed by atoms with Crippen LogP contribution in [0.25, 0.3) is 0 Å². The molecule has 0 heterocycles. The van der Waals surface area contributed by atoms with Crippen molar-refractivity contribution in [2.45, 2.75) is 33.2 Å². The van der Waals surface area contributed by atoms with Gasteiger partial charge in [0.25, 0.3) is 0 Å². The molecule has 0 radical (unpaired) electrons. The van der Waals surface area contributed by atoms with E-state index in [0.717, 1.165) is 0 Å². The van der Waals surface area contributed by atoms with Crippen LogP contribution in [0.1, 0.15) is 37.6 Å². The molecule has 1 atom stereocenters. The smallest absolute Gasteiger partial charge is 0.340 e. The monoisotopic (exact) mass is 336 g/mol. The van der Waals surface area contributed by atoms with Crippen LogP contribution in [0.5, 0.6) is 0 Å². The third-order valence-corrected chi connectivity index (χ3v) is 3.17. The van der Waals surface area contributed by atoms with Gasteiger partial charge >= 0.3 is 18.0 Å². The number of para-hydroxylation sites is 1. The Kier molecular flexibility index (Phi) is 7.74. The van der Waals surface area contributed by atoms with Crippen LogP contribution < -0.4 is 10.6 Å². The second-order valence-corrected chi connectivity index (χ2v) is 5.57. The Morgan fingerprint density at radius 3 is 2.42 bits per heavy atom. The van der Waals surface area contributed by atoms with Gasteiger partial charge in [-0.2, -0.15) is 0 Å². The van der Waals surface area contributed by atoms with Crippen LogP contribution in [0.3, 0.4) is 0 Å². The van der Waals surface area contributed by atoms with E-state index >= 15 is 0 Å². The van der Waals surface area contributed by atoms with Crippen molar-refractivity contribution in [2.75, 3.05) is 19.0 Å². The normalized spacial score (nSPS) is 11.5. The lowest BCUT2D eigenvalue weighted by atomic mass is 10.0. The number of carbonyl (C=O) groups excluding carboxylic acids is 3. The molecule has 24 heavy (non-hydrogen) atoms. The zero-order chi connectivity index (χ0) is 18.1. The van der Waals surface area contributed by atoms with E-state index in [4.69, 9.17) is 9.47 Å². The maximum atomic E-state index is 12.2. The first kappa shape index (κ1) is 19.5. The molecule has 0 aliphatic heterocycles. The number of benzene rings is 1. The Labute approximate surface area is 141 Å². The van der Waals surface area contributed by atoms with Crippen molar-refractivity contribution < 1.29 is 23.9 Å². The zero-order valence-electron chi connectivity index (χ0n) is 14.4. The fraction of sp³-hybridized carbons (Fsp3) is 0.471. The zero-order valence-corrected chi connectivity index (χ0v) is 14.4. The fourth-order valence-electron chi connectivity index (χ4n) is 2.12. The maximum absolute atomic E-state index is 12.2. The molecular formula is C17H24N2O5. The van der Waals surface area contributed by atoms with Crippen molar-refractivity contribution in [3.05, 3.63) is 29.8 Å². The molecule has 0 aliphatic carbocycles. The van der Waals surface area contributed by atoms with Crippen LogP contribution in [0, 0.1) is 5.92 Å². The SMILES string of the molecule is CCOC(=O)c1ccccc1NC(=O)NC(CC(C)C)C(=O)OC. The number of esters is 2. The highest BCUT2D eigenvalue weighted by molar-refractivity contribution is 6.01. The predicted octanol–water partition coefficient (Wildman–Crippen LogP) is 2.57. The van der Waals surface area contributed by atoms with Gasteiger partial charge in [0.1, 0.15) is 6.04 Å². The van der Waals surface area contributed by atoms with E-state index < -0.39 is 24.0 Å². The van der Waals surface area contributed by atoms with Gasteiger partial charge < -0.3 is 20.1 Å². The number of urea groups is 1. The second-order valence-electron chi connectivity index (χ2n) is 5.57. The topological polar surface area (TPSA) is 93.7 Å². The lowest BCUT2D eigenvalue weighted by molar-refractivity contribution is -0.143. The molecule has 7 nitrogen and oxygen atoms in total. The lowest BCUT2D eigenvalue weighted by Gasteiger charge is -2.19. The molecule has 0 aliphatic rings. The van der Waals surface area contributed by atoms with Crippen LogP contribution in [0.15, 0.2) is 24.3 Å². The number of amides is 2. The van der Waals surface area contributed by atoms with E-state index in [0.29, 0.717) is 12.1 Å². The van der Waals surface area contributed by atoms with Crippen LogP contribution in [0.4, 0.5) is 10.5 Å². The molecule has 1 rings (SSSR count). The van der Waals surface area contributed by atoms with Gasteiger partial charge in [0, 0.05) is 0 Å². The van der Waals surface area contributed by atoms with Crippen LogP contribution in [0.2, 0.25) is 0 Å². The standard InChI is InChI=1S/C17H24N2O5/c1-5-24-15(20)12-8-6-7-9-13(12)18-17(22)19-14(10-11(2)3)16(21)23-4/h6-9,11,14H,5,10H2,1-4H3,(H2,18,19,22). The quantitative estimate of drug-likeness (QED) is 0.746. The highest BCUT2D eigenvalue weighted by atomic mass is 16.5. The second kappa shape index (κ2) is 9.54. The molecule has 0 saturated heterocycles. The van der Waals surface area contributed by atoms with Crippen molar-refractivity contribution in [3.8, 4) is 0 Å². The third kappa shape index (κ3) is 5.91. The minimum Gasteiger partial charge on any atom is -0.467 e. The molecule has 1 unspecified atom stereocenters. The number of rotatable bonds is 7. The molecule has 0 spiro atoms. The average Bonchev–Trinajstić information content (AvgIpc) is 2.53. The first-order chi connectivity index (χ1) is 11.4. The Balaban J connectivity index is 2.83. The van der Waals surface area contributed by atoms with Gasteiger partial charge in [-0.25, -0.2) is 14.4 Å². The Morgan fingerprint density at radius 1 is 1.17 bits per heavy atom. The van der Waals surface area contributed by atoms with Gasteiger partial charge in [0.15, 0.2) is 0 Å². The molecule has 7 heteroatoms. The number of anilines is 1. The molecule has 2 amide bonds. The first-order valence-electron chi connectivity index (χ1n) is 7.80. The Hall–Kier alpha value is -2.57. The van der Waals surface area contributed by atoms with E-state index in [2.05, 4.69) is 10.6 Å². The molecule has 0 saturated carbocycles. The summed E-state index contributed by atoms with van der Waals surface area (Å²) in [5.74, 6) is -0.848. The molecule has 0 aromatic heterocycles. The summed E-state index contributed by atoms with van der Waals surface area (Å²) in [6.45, 7) is 5.81. The van der Waals surface area contributed by atoms with Crippen LogP contribution in [-0.4, -0.2) is 37.7 Å². The molecule has 2 N–H and O–H groups in total. The van der Waals surface area contributed by atoms with Crippen molar-refractivity contribution in [1.82, 2.24) is 5.32 Å². The Bertz CT molecular complexity index is 586. The van der Waals surface area contributed by atoms with Crippen molar-refractivity contribution >= 4 is 23.7 Å². The molecule has 0 bridgehead atoms. The van der Waals surface area contributed by atoms with Crippen molar-refractivity contribution in [3.63, 3.8) is 0 Å². The summed E-state index contributed by atoms with van der Waals surface area (Å²) < 4.78 is 9.66. The summed E-state index contributed by atoms with van der Waals surface area (Å²) in [6, 6.07) is 5.14. The third-order valence-electron chi connectivity index (χ3n) is 3.17. The van der Waals surface area contributed by atoms with E-state index in [1.165, 1.54) is 7.11 Å². The van der Waals surface area contributed by atoms with E-state index in [-0.39, 0.29) is 18.1 Å². The number of hydrogen-bond donors (Lipinski definition) is 2. The van der Waals surface area contributed by atoms with Gasteiger partial charge in [-0.3, -0.25) is 0 Å². The van der Waals surface area contributed by atoms with Gasteiger partial charge in [-0.15, -0.1) is 0 Å². The van der Waals surface area contributed by atoms with Crippen LogP contribution in [-0.2, 0) is 14.3 Å². The Morgan fingerprint density at radius 2 is 1.83 bits per heavy atom. The van der Waals surface area contributed by atoms with Gasteiger partial charge in [-0.05, 0) is 31.4 Å².